The molecule has 21 heavy (non-hydrogen) atoms. The second-order valence-electron chi connectivity index (χ2n) is 4.58. The van der Waals surface area contributed by atoms with Crippen LogP contribution in [0, 0.1) is 0 Å². The molecule has 118 valence electrons. The van der Waals surface area contributed by atoms with Gasteiger partial charge in [-0.3, -0.25) is 10.1 Å². The van der Waals surface area contributed by atoms with Crippen LogP contribution in [0.1, 0.15) is 18.9 Å². The quantitative estimate of drug-likeness (QED) is 0.722. The average molecular weight is 304 g/mol. The zero-order chi connectivity index (χ0) is 15.9. The van der Waals surface area contributed by atoms with Crippen molar-refractivity contribution in [1.29, 1.82) is 0 Å². The van der Waals surface area contributed by atoms with Gasteiger partial charge in [0.25, 0.3) is 0 Å². The summed E-state index contributed by atoms with van der Waals surface area (Å²) in [6.45, 7) is 1.42. The molecule has 1 aromatic rings. The first-order chi connectivity index (χ1) is 9.82. The number of carbonyl (C=O) groups is 1. The third-order valence-corrected chi connectivity index (χ3v) is 3.01. The van der Waals surface area contributed by atoms with Crippen molar-refractivity contribution in [3.63, 3.8) is 0 Å². The number of carbonyl (C=O) groups excluding carboxylic acids is 1. The predicted octanol–water partition coefficient (Wildman–Crippen LogP) is 1.95. The Kier molecular flexibility index (Phi) is 6.17. The molecule has 1 unspecified atom stereocenters. The van der Waals surface area contributed by atoms with Gasteiger partial charge in [-0.05, 0) is 12.1 Å². The zero-order valence-corrected chi connectivity index (χ0v) is 11.7. The molecule has 0 aliphatic rings. The van der Waals surface area contributed by atoms with E-state index in [9.17, 15) is 18.0 Å². The molecule has 3 N–H and O–H groups in total. The minimum atomic E-state index is -4.29. The first-order valence-electron chi connectivity index (χ1n) is 6.57. The van der Waals surface area contributed by atoms with Gasteiger partial charge in [0.1, 0.15) is 5.54 Å². The Labute approximate surface area is 121 Å². The summed E-state index contributed by atoms with van der Waals surface area (Å²) in [6.07, 6.45) is -5.36. The number of ether oxygens (including phenoxy) is 1. The largest absolute Gasteiger partial charge is 0.391 e. The van der Waals surface area contributed by atoms with Gasteiger partial charge in [0.05, 0.1) is 19.6 Å². The summed E-state index contributed by atoms with van der Waals surface area (Å²) >= 11 is 0. The Morgan fingerprint density at radius 1 is 1.29 bits per heavy atom. The van der Waals surface area contributed by atoms with E-state index in [2.05, 4.69) is 5.32 Å². The number of hydrogen-bond donors (Lipinski definition) is 2. The third kappa shape index (κ3) is 5.02. The van der Waals surface area contributed by atoms with Gasteiger partial charge in [-0.2, -0.15) is 13.2 Å². The van der Waals surface area contributed by atoms with Crippen molar-refractivity contribution in [1.82, 2.24) is 5.32 Å². The number of halogens is 3. The van der Waals surface area contributed by atoms with E-state index < -0.39 is 30.7 Å². The van der Waals surface area contributed by atoms with Gasteiger partial charge in [0.2, 0.25) is 5.91 Å². The molecular weight excluding hydrogens is 285 g/mol. The molecule has 0 aliphatic heterocycles. The van der Waals surface area contributed by atoms with E-state index in [4.69, 9.17) is 10.5 Å². The molecule has 0 aromatic heterocycles. The maximum Gasteiger partial charge on any atom is 0.391 e. The van der Waals surface area contributed by atoms with Crippen LogP contribution in [0.25, 0.3) is 0 Å². The minimum Gasteiger partial charge on any atom is -0.378 e. The normalized spacial score (nSPS) is 14.7. The molecule has 4 nitrogen and oxygen atoms in total. The summed E-state index contributed by atoms with van der Waals surface area (Å²) in [5, 5.41) is 2.93. The Hall–Kier alpha value is -1.60. The van der Waals surface area contributed by atoms with E-state index in [0.717, 1.165) is 0 Å². The van der Waals surface area contributed by atoms with Gasteiger partial charge in [-0.1, -0.05) is 37.3 Å². The van der Waals surface area contributed by atoms with Crippen LogP contribution in [0.5, 0.6) is 0 Å². The van der Waals surface area contributed by atoms with Crippen LogP contribution in [0.15, 0.2) is 30.3 Å². The van der Waals surface area contributed by atoms with Crippen molar-refractivity contribution < 1.29 is 22.7 Å². The molecule has 1 amide bonds. The van der Waals surface area contributed by atoms with E-state index in [0.29, 0.717) is 12.1 Å². The number of primary amides is 1. The van der Waals surface area contributed by atoms with Gasteiger partial charge >= 0.3 is 6.18 Å². The molecule has 0 bridgehead atoms. The lowest BCUT2D eigenvalue weighted by molar-refractivity contribution is -0.148. The second kappa shape index (κ2) is 7.42. The zero-order valence-electron chi connectivity index (χ0n) is 11.7. The molecule has 0 saturated heterocycles. The fourth-order valence-corrected chi connectivity index (χ4v) is 1.97. The number of hydrogen-bond acceptors (Lipinski definition) is 3. The number of nitrogens with one attached hydrogen (secondary N) is 1. The maximum absolute atomic E-state index is 12.1. The van der Waals surface area contributed by atoms with Crippen LogP contribution in [-0.4, -0.2) is 31.8 Å². The molecule has 0 spiro atoms. The molecule has 0 radical (unpaired) electrons. The highest BCUT2D eigenvalue weighted by atomic mass is 19.4. The van der Waals surface area contributed by atoms with Crippen molar-refractivity contribution in [2.24, 2.45) is 5.73 Å². The van der Waals surface area contributed by atoms with Crippen LogP contribution in [0.3, 0.4) is 0 Å². The highest BCUT2D eigenvalue weighted by molar-refractivity contribution is 5.86. The lowest BCUT2D eigenvalue weighted by Crippen LogP contribution is -2.56. The molecular formula is C14H19F3N2O2. The molecule has 0 heterocycles. The number of nitrogens with two attached hydrogens (primary N) is 1. The minimum absolute atomic E-state index is 0.254. The van der Waals surface area contributed by atoms with Crippen molar-refractivity contribution in [2.45, 2.75) is 25.1 Å². The summed E-state index contributed by atoms with van der Waals surface area (Å²) in [4.78, 5) is 11.9. The number of amides is 1. The summed E-state index contributed by atoms with van der Waals surface area (Å²) in [6, 6.07) is 8.58. The van der Waals surface area contributed by atoms with Crippen molar-refractivity contribution >= 4 is 5.91 Å². The van der Waals surface area contributed by atoms with E-state index in [1.165, 1.54) is 0 Å². The first kappa shape index (κ1) is 17.5. The Bertz CT molecular complexity index is 451. The van der Waals surface area contributed by atoms with Crippen LogP contribution in [0.4, 0.5) is 13.2 Å². The van der Waals surface area contributed by atoms with Crippen molar-refractivity contribution in [2.75, 3.05) is 19.8 Å². The number of rotatable bonds is 8. The summed E-state index contributed by atoms with van der Waals surface area (Å²) in [5.41, 5.74) is 4.68. The van der Waals surface area contributed by atoms with Crippen LogP contribution in [-0.2, 0) is 15.1 Å². The highest BCUT2D eigenvalue weighted by Gasteiger charge is 2.38. The number of benzene rings is 1. The van der Waals surface area contributed by atoms with Crippen LogP contribution < -0.4 is 11.1 Å². The molecule has 1 aromatic carbocycles. The van der Waals surface area contributed by atoms with Crippen molar-refractivity contribution in [3.8, 4) is 0 Å². The molecule has 1 atom stereocenters. The van der Waals surface area contributed by atoms with Crippen LogP contribution >= 0.6 is 0 Å². The molecule has 7 heteroatoms. The van der Waals surface area contributed by atoms with E-state index in [-0.39, 0.29) is 6.61 Å². The van der Waals surface area contributed by atoms with Crippen molar-refractivity contribution in [3.05, 3.63) is 35.9 Å². The Morgan fingerprint density at radius 3 is 2.38 bits per heavy atom. The number of alkyl halides is 3. The fourth-order valence-electron chi connectivity index (χ4n) is 1.97. The van der Waals surface area contributed by atoms with E-state index >= 15 is 0 Å². The first-order valence-corrected chi connectivity index (χ1v) is 6.57. The highest BCUT2D eigenvalue weighted by Crippen LogP contribution is 2.23. The topological polar surface area (TPSA) is 64.3 Å². The Balaban J connectivity index is 2.85. The van der Waals surface area contributed by atoms with Gasteiger partial charge in [0, 0.05) is 0 Å². The fraction of sp³-hybridized carbons (Fsp3) is 0.500. The molecule has 0 saturated carbocycles. The van der Waals surface area contributed by atoms with Gasteiger partial charge < -0.3 is 10.5 Å². The second-order valence-corrected chi connectivity index (χ2v) is 4.58. The third-order valence-electron chi connectivity index (χ3n) is 3.01. The summed E-state index contributed by atoms with van der Waals surface area (Å²) in [7, 11) is 0. The predicted molar refractivity (Wildman–Crippen MR) is 72.5 cm³/mol. The van der Waals surface area contributed by atoms with Gasteiger partial charge in [-0.15, -0.1) is 0 Å². The summed E-state index contributed by atoms with van der Waals surface area (Å²) < 4.78 is 41.4. The monoisotopic (exact) mass is 304 g/mol. The lowest BCUT2D eigenvalue weighted by Gasteiger charge is -2.31. The smallest absolute Gasteiger partial charge is 0.378 e. The van der Waals surface area contributed by atoms with E-state index in [1.54, 1.807) is 37.3 Å². The standard InChI is InChI=1S/C14H19F3N2O2/c1-2-19-13(12(18)20,11-6-4-3-5-7-11)10-21-9-8-14(15,16)17/h3-7,19H,2,8-10H2,1H3,(H2,18,20). The number of likely N-dealkylation sites (N-methyl/N-ethyl adjacent to an activating group) is 1. The molecule has 1 rings (SSSR count). The summed E-state index contributed by atoms with van der Waals surface area (Å²) in [5.74, 6) is -0.692. The maximum atomic E-state index is 12.1. The lowest BCUT2D eigenvalue weighted by atomic mass is 9.89. The van der Waals surface area contributed by atoms with E-state index in [1.807, 2.05) is 0 Å². The average Bonchev–Trinajstić information content (AvgIpc) is 2.42. The van der Waals surface area contributed by atoms with Crippen LogP contribution in [0.2, 0.25) is 0 Å². The van der Waals surface area contributed by atoms with Gasteiger partial charge in [-0.25, -0.2) is 0 Å². The molecule has 0 fully saturated rings. The molecule has 0 aliphatic carbocycles. The SMILES string of the molecule is CCNC(COCCC(F)(F)F)(C(N)=O)c1ccccc1. The Morgan fingerprint density at radius 2 is 1.90 bits per heavy atom. The van der Waals surface area contributed by atoms with Gasteiger partial charge in [0.15, 0.2) is 0 Å².